The van der Waals surface area contributed by atoms with Crippen LogP contribution in [0, 0.1) is 0 Å². The van der Waals surface area contributed by atoms with Crippen LogP contribution in [0.15, 0.2) is 53.4 Å². The first-order valence-corrected chi connectivity index (χ1v) is 10.1. The Bertz CT molecular complexity index is 927. The van der Waals surface area contributed by atoms with Crippen LogP contribution in [0.5, 0.6) is 0 Å². The molecular formula is C19H23N3O3S. The largest absolute Gasteiger partial charge is 0.331 e. The van der Waals surface area contributed by atoms with Crippen molar-refractivity contribution >= 4 is 16.1 Å². The molecule has 0 saturated carbocycles. The number of benzene rings is 2. The fourth-order valence-corrected chi connectivity index (χ4v) is 3.98. The molecule has 1 aliphatic carbocycles. The highest BCUT2D eigenvalue weighted by Gasteiger charge is 2.28. The molecule has 0 bridgehead atoms. The lowest BCUT2D eigenvalue weighted by atomic mass is 10.1. The monoisotopic (exact) mass is 373 g/mol. The third-order valence-electron chi connectivity index (χ3n) is 4.92. The Morgan fingerprint density at radius 2 is 1.96 bits per heavy atom. The van der Waals surface area contributed by atoms with Crippen molar-refractivity contribution in [2.75, 3.05) is 7.05 Å². The Balaban J connectivity index is 1.72. The van der Waals surface area contributed by atoms with Gasteiger partial charge >= 0.3 is 6.03 Å². The maximum absolute atomic E-state index is 12.7. The fraction of sp³-hybridized carbons (Fsp3) is 0.316. The molecule has 0 aromatic heterocycles. The zero-order chi connectivity index (χ0) is 18.9. The number of nitrogens with two attached hydrogens (primary N) is 1. The topological polar surface area (TPSA) is 92.5 Å². The summed E-state index contributed by atoms with van der Waals surface area (Å²) in [5, 5.41) is 8.11. The van der Waals surface area contributed by atoms with Crippen molar-refractivity contribution in [3.05, 3.63) is 65.2 Å². The third-order valence-corrected chi connectivity index (χ3v) is 5.83. The molecule has 7 heteroatoms. The van der Waals surface area contributed by atoms with Gasteiger partial charge in [-0.3, -0.25) is 0 Å². The number of carbonyl (C=O) groups excluding carboxylic acids is 1. The van der Waals surface area contributed by atoms with Crippen LogP contribution in [-0.4, -0.2) is 26.4 Å². The summed E-state index contributed by atoms with van der Waals surface area (Å²) >= 11 is 0. The predicted molar refractivity (Wildman–Crippen MR) is 100 cm³/mol. The van der Waals surface area contributed by atoms with Gasteiger partial charge in [0.2, 0.25) is 10.0 Å². The van der Waals surface area contributed by atoms with E-state index >= 15 is 0 Å². The highest BCUT2D eigenvalue weighted by atomic mass is 32.2. The van der Waals surface area contributed by atoms with E-state index in [2.05, 4.69) is 17.4 Å². The lowest BCUT2D eigenvalue weighted by Crippen LogP contribution is -2.40. The van der Waals surface area contributed by atoms with Crippen molar-refractivity contribution in [2.45, 2.75) is 36.7 Å². The van der Waals surface area contributed by atoms with Gasteiger partial charge in [-0.15, -0.1) is 0 Å². The number of nitrogens with zero attached hydrogens (tertiary/aromatic N) is 1. The zero-order valence-corrected chi connectivity index (χ0v) is 15.7. The molecule has 2 aromatic carbocycles. The van der Waals surface area contributed by atoms with Gasteiger partial charge in [-0.2, -0.15) is 0 Å². The molecule has 0 unspecified atom stereocenters. The number of carbonyl (C=O) groups is 1. The summed E-state index contributed by atoms with van der Waals surface area (Å²) in [6, 6.07) is 14.0. The number of fused-ring (bicyclic) bond motifs is 1. The molecule has 0 saturated heterocycles. The molecule has 2 amide bonds. The normalized spacial score (nSPS) is 17.4. The van der Waals surface area contributed by atoms with Crippen molar-refractivity contribution in [1.82, 2.24) is 10.2 Å². The Morgan fingerprint density at radius 3 is 2.69 bits per heavy atom. The number of aryl methyl sites for hydroxylation is 1. The number of amides is 2. The van der Waals surface area contributed by atoms with Gasteiger partial charge in [-0.1, -0.05) is 36.4 Å². The number of primary sulfonamides is 1. The van der Waals surface area contributed by atoms with E-state index in [1.165, 1.54) is 23.3 Å². The van der Waals surface area contributed by atoms with E-state index in [-0.39, 0.29) is 23.0 Å². The Hall–Kier alpha value is -2.38. The second-order valence-corrected chi connectivity index (χ2v) is 8.21. The molecule has 26 heavy (non-hydrogen) atoms. The maximum atomic E-state index is 12.7. The van der Waals surface area contributed by atoms with Gasteiger partial charge in [0.25, 0.3) is 0 Å². The first-order valence-electron chi connectivity index (χ1n) is 8.51. The Kier molecular flexibility index (Phi) is 5.02. The number of hydrogen-bond donors (Lipinski definition) is 2. The van der Waals surface area contributed by atoms with Crippen LogP contribution in [0.4, 0.5) is 4.79 Å². The van der Waals surface area contributed by atoms with Gasteiger partial charge in [0.15, 0.2) is 0 Å². The van der Waals surface area contributed by atoms with Gasteiger partial charge in [0.05, 0.1) is 17.0 Å². The molecule has 138 valence electrons. The van der Waals surface area contributed by atoms with Crippen LogP contribution < -0.4 is 10.5 Å². The lowest BCUT2D eigenvalue weighted by Gasteiger charge is -2.27. The lowest BCUT2D eigenvalue weighted by molar-refractivity contribution is 0.187. The van der Waals surface area contributed by atoms with E-state index in [9.17, 15) is 13.2 Å². The summed E-state index contributed by atoms with van der Waals surface area (Å²) in [5.41, 5.74) is 3.16. The minimum absolute atomic E-state index is 0.0363. The SMILES string of the molecule is C[C@H](NC(=O)N(C)[C@@H]1CCc2ccccc21)c1cccc(S(N)(=O)=O)c1. The fourth-order valence-electron chi connectivity index (χ4n) is 3.41. The maximum Gasteiger partial charge on any atom is 0.318 e. The van der Waals surface area contributed by atoms with Crippen molar-refractivity contribution < 1.29 is 13.2 Å². The molecule has 0 heterocycles. The third kappa shape index (κ3) is 3.73. The molecule has 3 N–H and O–H groups in total. The predicted octanol–water partition coefficient (Wildman–Crippen LogP) is 2.72. The molecule has 3 rings (SSSR count). The summed E-state index contributed by atoms with van der Waals surface area (Å²) in [4.78, 5) is 14.4. The average molecular weight is 373 g/mol. The summed E-state index contributed by atoms with van der Waals surface area (Å²) in [6.07, 6.45) is 1.86. The van der Waals surface area contributed by atoms with Gasteiger partial charge < -0.3 is 10.2 Å². The number of rotatable bonds is 4. The molecule has 2 atom stereocenters. The van der Waals surface area contributed by atoms with Gasteiger partial charge in [-0.05, 0) is 48.6 Å². The van der Waals surface area contributed by atoms with Crippen LogP contribution >= 0.6 is 0 Å². The molecule has 0 spiro atoms. The Morgan fingerprint density at radius 1 is 1.23 bits per heavy atom. The molecule has 0 radical (unpaired) electrons. The van der Waals surface area contributed by atoms with E-state index in [1.54, 1.807) is 24.1 Å². The van der Waals surface area contributed by atoms with Crippen LogP contribution in [0.2, 0.25) is 0 Å². The standard InChI is InChI=1S/C19H23N3O3S/c1-13(15-7-5-8-16(12-15)26(20,24)25)21-19(23)22(2)18-11-10-14-6-3-4-9-17(14)18/h3-9,12-13,18H,10-11H2,1-2H3,(H,21,23)(H2,20,24,25)/t13-,18+/m0/s1. The van der Waals surface area contributed by atoms with Crippen LogP contribution in [0.25, 0.3) is 0 Å². The number of sulfonamides is 1. The van der Waals surface area contributed by atoms with Crippen molar-refractivity contribution in [2.24, 2.45) is 5.14 Å². The van der Waals surface area contributed by atoms with E-state index in [0.717, 1.165) is 12.8 Å². The first-order chi connectivity index (χ1) is 12.3. The quantitative estimate of drug-likeness (QED) is 0.863. The molecule has 2 aromatic rings. The van der Waals surface area contributed by atoms with E-state index in [1.807, 2.05) is 19.1 Å². The molecule has 0 aliphatic heterocycles. The summed E-state index contributed by atoms with van der Waals surface area (Å²) < 4.78 is 23.0. The van der Waals surface area contributed by atoms with E-state index < -0.39 is 10.0 Å². The highest BCUT2D eigenvalue weighted by molar-refractivity contribution is 7.89. The van der Waals surface area contributed by atoms with Gasteiger partial charge in [-0.25, -0.2) is 18.4 Å². The summed E-state index contributed by atoms with van der Waals surface area (Å²) in [5.74, 6) is 0. The number of nitrogens with one attached hydrogen (secondary N) is 1. The zero-order valence-electron chi connectivity index (χ0n) is 14.8. The van der Waals surface area contributed by atoms with Crippen LogP contribution in [0.3, 0.4) is 0 Å². The van der Waals surface area contributed by atoms with Gasteiger partial charge in [0, 0.05) is 7.05 Å². The van der Waals surface area contributed by atoms with Crippen molar-refractivity contribution in [1.29, 1.82) is 0 Å². The second-order valence-electron chi connectivity index (χ2n) is 6.65. The number of hydrogen-bond acceptors (Lipinski definition) is 3. The van der Waals surface area contributed by atoms with Crippen LogP contribution in [0.1, 0.15) is 42.1 Å². The number of urea groups is 1. The molecular weight excluding hydrogens is 350 g/mol. The molecule has 0 fully saturated rings. The summed E-state index contributed by atoms with van der Waals surface area (Å²) in [7, 11) is -1.99. The van der Waals surface area contributed by atoms with Crippen LogP contribution in [-0.2, 0) is 16.4 Å². The molecule has 1 aliphatic rings. The smallest absolute Gasteiger partial charge is 0.318 e. The summed E-state index contributed by atoms with van der Waals surface area (Å²) in [6.45, 7) is 1.82. The molecule has 6 nitrogen and oxygen atoms in total. The second kappa shape index (κ2) is 7.09. The highest BCUT2D eigenvalue weighted by Crippen LogP contribution is 2.34. The minimum Gasteiger partial charge on any atom is -0.331 e. The van der Waals surface area contributed by atoms with E-state index in [4.69, 9.17) is 5.14 Å². The first kappa shape index (κ1) is 18.4. The van der Waals surface area contributed by atoms with Crippen molar-refractivity contribution in [3.8, 4) is 0 Å². The van der Waals surface area contributed by atoms with Crippen molar-refractivity contribution in [3.63, 3.8) is 0 Å². The Labute approximate surface area is 154 Å². The van der Waals surface area contributed by atoms with Gasteiger partial charge in [0.1, 0.15) is 0 Å². The minimum atomic E-state index is -3.77. The van der Waals surface area contributed by atoms with E-state index in [0.29, 0.717) is 5.56 Å². The average Bonchev–Trinajstić information content (AvgIpc) is 3.04.